The van der Waals surface area contributed by atoms with E-state index in [0.29, 0.717) is 11.8 Å². The van der Waals surface area contributed by atoms with Crippen LogP contribution in [-0.2, 0) is 4.79 Å². The SMILES string of the molecule is CCN1CCCC1CN(C)C1CCCCCC1=O. The van der Waals surface area contributed by atoms with E-state index in [2.05, 4.69) is 23.8 Å². The normalized spacial score (nSPS) is 30.9. The molecule has 1 saturated heterocycles. The Balaban J connectivity index is 1.89. The molecule has 18 heavy (non-hydrogen) atoms. The number of hydrogen-bond acceptors (Lipinski definition) is 3. The number of Topliss-reactive ketones (excluding diaryl/α,β-unsaturated/α-hetero) is 1. The molecule has 3 nitrogen and oxygen atoms in total. The Labute approximate surface area is 112 Å². The van der Waals surface area contributed by atoms with E-state index < -0.39 is 0 Å². The Bertz CT molecular complexity index is 280. The van der Waals surface area contributed by atoms with Gasteiger partial charge in [-0.3, -0.25) is 14.6 Å². The Kier molecular flexibility index (Phi) is 5.19. The van der Waals surface area contributed by atoms with Crippen molar-refractivity contribution in [3.8, 4) is 0 Å². The van der Waals surface area contributed by atoms with E-state index in [9.17, 15) is 4.79 Å². The fraction of sp³-hybridized carbons (Fsp3) is 0.933. The van der Waals surface area contributed by atoms with Crippen molar-refractivity contribution in [1.82, 2.24) is 9.80 Å². The molecule has 0 radical (unpaired) electrons. The first-order valence-electron chi connectivity index (χ1n) is 7.69. The second-order valence-electron chi connectivity index (χ2n) is 5.95. The molecule has 2 rings (SSSR count). The average molecular weight is 252 g/mol. The van der Waals surface area contributed by atoms with Crippen molar-refractivity contribution in [2.24, 2.45) is 0 Å². The topological polar surface area (TPSA) is 23.6 Å². The molecule has 0 amide bonds. The molecule has 1 heterocycles. The monoisotopic (exact) mass is 252 g/mol. The standard InChI is InChI=1S/C15H28N2O/c1-3-17-11-7-8-13(17)12-16(2)14-9-5-4-6-10-15(14)18/h13-14H,3-12H2,1-2H3. The summed E-state index contributed by atoms with van der Waals surface area (Å²) in [5.41, 5.74) is 0. The molecule has 0 aromatic carbocycles. The van der Waals surface area contributed by atoms with Crippen LogP contribution >= 0.6 is 0 Å². The maximum atomic E-state index is 12.1. The van der Waals surface area contributed by atoms with E-state index in [4.69, 9.17) is 0 Å². The molecule has 0 bridgehead atoms. The second kappa shape index (κ2) is 6.67. The van der Waals surface area contributed by atoms with Crippen LogP contribution in [0.4, 0.5) is 0 Å². The Hall–Kier alpha value is -0.410. The highest BCUT2D eigenvalue weighted by molar-refractivity contribution is 5.84. The fourth-order valence-electron chi connectivity index (χ4n) is 3.59. The van der Waals surface area contributed by atoms with Crippen LogP contribution in [0.15, 0.2) is 0 Å². The number of carbonyl (C=O) groups excluding carboxylic acids is 1. The zero-order valence-electron chi connectivity index (χ0n) is 12.0. The highest BCUT2D eigenvalue weighted by Gasteiger charge is 2.29. The lowest BCUT2D eigenvalue weighted by atomic mass is 10.1. The maximum Gasteiger partial charge on any atom is 0.149 e. The maximum absolute atomic E-state index is 12.1. The van der Waals surface area contributed by atoms with E-state index in [1.165, 1.54) is 32.2 Å². The molecule has 2 aliphatic rings. The molecule has 104 valence electrons. The Morgan fingerprint density at radius 3 is 2.83 bits per heavy atom. The van der Waals surface area contributed by atoms with E-state index in [0.717, 1.165) is 32.4 Å². The predicted octanol–water partition coefficient (Wildman–Crippen LogP) is 2.30. The molecule has 0 N–H and O–H groups in total. The molecule has 0 spiro atoms. The summed E-state index contributed by atoms with van der Waals surface area (Å²) in [4.78, 5) is 17.0. The summed E-state index contributed by atoms with van der Waals surface area (Å²) in [5.74, 6) is 0.482. The van der Waals surface area contributed by atoms with Crippen LogP contribution in [0.1, 0.15) is 51.9 Å². The third-order valence-corrected chi connectivity index (χ3v) is 4.71. The van der Waals surface area contributed by atoms with Crippen molar-refractivity contribution in [3.05, 3.63) is 0 Å². The number of nitrogens with zero attached hydrogens (tertiary/aromatic N) is 2. The molecular weight excluding hydrogens is 224 g/mol. The quantitative estimate of drug-likeness (QED) is 0.717. The van der Waals surface area contributed by atoms with E-state index in [-0.39, 0.29) is 6.04 Å². The summed E-state index contributed by atoms with van der Waals surface area (Å²) < 4.78 is 0. The first kappa shape index (κ1) is 14.0. The van der Waals surface area contributed by atoms with Gasteiger partial charge in [0.15, 0.2) is 0 Å². The van der Waals surface area contributed by atoms with Gasteiger partial charge in [-0.25, -0.2) is 0 Å². The van der Waals surface area contributed by atoms with Crippen LogP contribution in [0.5, 0.6) is 0 Å². The molecule has 1 saturated carbocycles. The zero-order chi connectivity index (χ0) is 13.0. The number of likely N-dealkylation sites (N-methyl/N-ethyl adjacent to an activating group) is 2. The van der Waals surface area contributed by atoms with Gasteiger partial charge < -0.3 is 0 Å². The first-order chi connectivity index (χ1) is 8.72. The van der Waals surface area contributed by atoms with Gasteiger partial charge in [-0.05, 0) is 45.8 Å². The van der Waals surface area contributed by atoms with E-state index in [1.54, 1.807) is 0 Å². The van der Waals surface area contributed by atoms with Gasteiger partial charge in [-0.15, -0.1) is 0 Å². The molecule has 2 atom stereocenters. The van der Waals surface area contributed by atoms with E-state index in [1.807, 2.05) is 0 Å². The number of hydrogen-bond donors (Lipinski definition) is 0. The van der Waals surface area contributed by atoms with Crippen molar-refractivity contribution < 1.29 is 4.79 Å². The molecule has 0 aromatic rings. The predicted molar refractivity (Wildman–Crippen MR) is 74.8 cm³/mol. The van der Waals surface area contributed by atoms with Gasteiger partial charge in [0.05, 0.1) is 6.04 Å². The van der Waals surface area contributed by atoms with Crippen LogP contribution in [0, 0.1) is 0 Å². The molecule has 2 fully saturated rings. The van der Waals surface area contributed by atoms with Gasteiger partial charge in [0.25, 0.3) is 0 Å². The number of carbonyl (C=O) groups is 1. The van der Waals surface area contributed by atoms with Gasteiger partial charge in [-0.2, -0.15) is 0 Å². The fourth-order valence-corrected chi connectivity index (χ4v) is 3.59. The number of likely N-dealkylation sites (tertiary alicyclic amines) is 1. The summed E-state index contributed by atoms with van der Waals surface area (Å²) in [7, 11) is 2.15. The Morgan fingerprint density at radius 1 is 1.22 bits per heavy atom. The highest BCUT2D eigenvalue weighted by Crippen LogP contribution is 2.22. The van der Waals surface area contributed by atoms with Crippen molar-refractivity contribution in [2.45, 2.75) is 64.0 Å². The summed E-state index contributed by atoms with van der Waals surface area (Å²) in [6.45, 7) is 5.71. The third kappa shape index (κ3) is 3.33. The third-order valence-electron chi connectivity index (χ3n) is 4.71. The molecule has 1 aliphatic carbocycles. The minimum absolute atomic E-state index is 0.201. The first-order valence-corrected chi connectivity index (χ1v) is 7.69. The highest BCUT2D eigenvalue weighted by atomic mass is 16.1. The number of rotatable bonds is 4. The van der Waals surface area contributed by atoms with E-state index >= 15 is 0 Å². The van der Waals surface area contributed by atoms with Crippen molar-refractivity contribution in [3.63, 3.8) is 0 Å². The summed E-state index contributed by atoms with van der Waals surface area (Å²) in [5, 5.41) is 0. The van der Waals surface area contributed by atoms with Crippen LogP contribution in [-0.4, -0.2) is 54.3 Å². The lowest BCUT2D eigenvalue weighted by Gasteiger charge is -2.32. The van der Waals surface area contributed by atoms with Crippen LogP contribution in [0.2, 0.25) is 0 Å². The largest absolute Gasteiger partial charge is 0.299 e. The zero-order valence-corrected chi connectivity index (χ0v) is 12.0. The van der Waals surface area contributed by atoms with Crippen LogP contribution in [0.25, 0.3) is 0 Å². The van der Waals surface area contributed by atoms with Gasteiger partial charge >= 0.3 is 0 Å². The van der Waals surface area contributed by atoms with Gasteiger partial charge in [0.1, 0.15) is 5.78 Å². The summed E-state index contributed by atoms with van der Waals surface area (Å²) in [6, 6.07) is 0.878. The van der Waals surface area contributed by atoms with Crippen LogP contribution in [0.3, 0.4) is 0 Å². The minimum Gasteiger partial charge on any atom is -0.299 e. The molecule has 0 aromatic heterocycles. The average Bonchev–Trinajstić information content (AvgIpc) is 2.69. The summed E-state index contributed by atoms with van der Waals surface area (Å²) >= 11 is 0. The lowest BCUT2D eigenvalue weighted by molar-refractivity contribution is -0.123. The van der Waals surface area contributed by atoms with Crippen molar-refractivity contribution in [2.75, 3.05) is 26.7 Å². The number of ketones is 1. The minimum atomic E-state index is 0.201. The molecule has 3 heteroatoms. The Morgan fingerprint density at radius 2 is 2.06 bits per heavy atom. The van der Waals surface area contributed by atoms with Gasteiger partial charge in [-0.1, -0.05) is 19.8 Å². The lowest BCUT2D eigenvalue weighted by Crippen LogP contribution is -2.45. The van der Waals surface area contributed by atoms with Crippen molar-refractivity contribution in [1.29, 1.82) is 0 Å². The molecule has 2 unspecified atom stereocenters. The molecular formula is C15H28N2O. The smallest absolute Gasteiger partial charge is 0.149 e. The summed E-state index contributed by atoms with van der Waals surface area (Å²) in [6.07, 6.45) is 8.08. The van der Waals surface area contributed by atoms with Crippen molar-refractivity contribution >= 4 is 5.78 Å². The van der Waals surface area contributed by atoms with Gasteiger partial charge in [0, 0.05) is 19.0 Å². The van der Waals surface area contributed by atoms with Gasteiger partial charge in [0.2, 0.25) is 0 Å². The van der Waals surface area contributed by atoms with Crippen LogP contribution < -0.4 is 0 Å². The second-order valence-corrected chi connectivity index (χ2v) is 5.95. The molecule has 1 aliphatic heterocycles.